The van der Waals surface area contributed by atoms with Crippen LogP contribution in [0.25, 0.3) is 10.9 Å². The summed E-state index contributed by atoms with van der Waals surface area (Å²) in [5.74, 6) is 0.203. The van der Waals surface area contributed by atoms with Gasteiger partial charge in [0.15, 0.2) is 10.9 Å². The molecule has 0 unspecified atom stereocenters. The summed E-state index contributed by atoms with van der Waals surface area (Å²) < 4.78 is 1.69. The lowest BCUT2D eigenvalue weighted by atomic mass is 10.1. The molecule has 6 heteroatoms. The van der Waals surface area contributed by atoms with Crippen molar-refractivity contribution < 1.29 is 4.79 Å². The Morgan fingerprint density at radius 3 is 2.62 bits per heavy atom. The third-order valence-corrected chi connectivity index (χ3v) is 5.29. The zero-order chi connectivity index (χ0) is 18.5. The molecular formula is C20H19ClN2O2S. The molecule has 1 aromatic heterocycles. The van der Waals surface area contributed by atoms with E-state index in [0.29, 0.717) is 33.2 Å². The van der Waals surface area contributed by atoms with Gasteiger partial charge in [-0.1, -0.05) is 48.8 Å². The van der Waals surface area contributed by atoms with Gasteiger partial charge in [-0.05, 0) is 42.8 Å². The summed E-state index contributed by atoms with van der Waals surface area (Å²) in [5, 5.41) is 1.79. The van der Waals surface area contributed by atoms with Crippen LogP contribution in [-0.2, 0) is 6.54 Å². The molecule has 0 bridgehead atoms. The maximum absolute atomic E-state index is 12.8. The Balaban J connectivity index is 1.89. The van der Waals surface area contributed by atoms with Crippen LogP contribution in [-0.4, -0.2) is 21.1 Å². The van der Waals surface area contributed by atoms with E-state index in [-0.39, 0.29) is 17.1 Å². The minimum atomic E-state index is -0.0505. The highest BCUT2D eigenvalue weighted by atomic mass is 35.5. The number of Topliss-reactive ketones (excluding diaryl/α,β-unsaturated/α-hetero) is 1. The lowest BCUT2D eigenvalue weighted by Gasteiger charge is -2.12. The number of rotatable bonds is 7. The molecule has 3 rings (SSSR count). The second-order valence-electron chi connectivity index (χ2n) is 5.94. The summed E-state index contributed by atoms with van der Waals surface area (Å²) in [6.45, 7) is 2.68. The van der Waals surface area contributed by atoms with E-state index in [9.17, 15) is 9.59 Å². The molecule has 0 saturated heterocycles. The number of unbranched alkanes of at least 4 members (excludes halogenated alkanes) is 1. The Bertz CT molecular complexity index is 983. The standard InChI is InChI=1S/C20H19ClN2O2S/c1-2-3-12-23-19(25)16-6-4-5-7-17(16)22-20(23)26-13-18(24)14-8-10-15(21)11-9-14/h4-11H,2-3,12-13H2,1H3. The summed E-state index contributed by atoms with van der Waals surface area (Å²) in [6.07, 6.45) is 1.87. The fourth-order valence-corrected chi connectivity index (χ4v) is 3.67. The van der Waals surface area contributed by atoms with Gasteiger partial charge >= 0.3 is 0 Å². The van der Waals surface area contributed by atoms with Gasteiger partial charge in [0.1, 0.15) is 0 Å². The molecule has 0 spiro atoms. The van der Waals surface area contributed by atoms with Gasteiger partial charge in [-0.3, -0.25) is 14.2 Å². The Morgan fingerprint density at radius 2 is 1.88 bits per heavy atom. The Hall–Kier alpha value is -2.11. The van der Waals surface area contributed by atoms with Crippen molar-refractivity contribution in [1.82, 2.24) is 9.55 Å². The first-order chi connectivity index (χ1) is 12.6. The monoisotopic (exact) mass is 386 g/mol. The van der Waals surface area contributed by atoms with Crippen LogP contribution in [0, 0.1) is 0 Å². The van der Waals surface area contributed by atoms with Crippen molar-refractivity contribution in [2.75, 3.05) is 5.75 Å². The number of hydrogen-bond donors (Lipinski definition) is 0. The van der Waals surface area contributed by atoms with E-state index < -0.39 is 0 Å². The first-order valence-electron chi connectivity index (χ1n) is 8.51. The molecule has 0 aliphatic heterocycles. The molecule has 0 atom stereocenters. The average molecular weight is 387 g/mol. The van der Waals surface area contributed by atoms with E-state index in [1.54, 1.807) is 34.9 Å². The molecule has 3 aromatic rings. The maximum Gasteiger partial charge on any atom is 0.262 e. The highest BCUT2D eigenvalue weighted by Gasteiger charge is 2.14. The summed E-state index contributed by atoms with van der Waals surface area (Å²) in [4.78, 5) is 29.9. The van der Waals surface area contributed by atoms with Crippen LogP contribution in [0.1, 0.15) is 30.1 Å². The predicted molar refractivity (Wildman–Crippen MR) is 107 cm³/mol. The van der Waals surface area contributed by atoms with Crippen molar-refractivity contribution in [3.05, 3.63) is 69.5 Å². The summed E-state index contributed by atoms with van der Waals surface area (Å²) in [7, 11) is 0. The van der Waals surface area contributed by atoms with Gasteiger partial charge in [0.2, 0.25) is 0 Å². The van der Waals surface area contributed by atoms with E-state index >= 15 is 0 Å². The molecule has 0 fully saturated rings. The molecule has 134 valence electrons. The normalized spacial score (nSPS) is 11.0. The number of thioether (sulfide) groups is 1. The number of ketones is 1. The fourth-order valence-electron chi connectivity index (χ4n) is 2.62. The van der Waals surface area contributed by atoms with Crippen molar-refractivity contribution in [2.24, 2.45) is 0 Å². The summed E-state index contributed by atoms with van der Waals surface area (Å²) >= 11 is 7.17. The minimum absolute atomic E-state index is 0.0175. The Labute approximate surface area is 161 Å². The smallest absolute Gasteiger partial charge is 0.262 e. The molecule has 1 heterocycles. The van der Waals surface area contributed by atoms with Gasteiger partial charge in [-0.25, -0.2) is 4.98 Å². The Morgan fingerprint density at radius 1 is 1.15 bits per heavy atom. The fraction of sp³-hybridized carbons (Fsp3) is 0.250. The van der Waals surface area contributed by atoms with Crippen LogP contribution in [0.3, 0.4) is 0 Å². The molecule has 4 nitrogen and oxygen atoms in total. The van der Waals surface area contributed by atoms with Crippen molar-refractivity contribution in [3.8, 4) is 0 Å². The van der Waals surface area contributed by atoms with Crippen LogP contribution in [0.4, 0.5) is 0 Å². The molecule has 0 radical (unpaired) electrons. The largest absolute Gasteiger partial charge is 0.293 e. The highest BCUT2D eigenvalue weighted by molar-refractivity contribution is 7.99. The zero-order valence-electron chi connectivity index (χ0n) is 14.4. The number of carbonyl (C=O) groups is 1. The topological polar surface area (TPSA) is 52.0 Å². The van der Waals surface area contributed by atoms with Crippen molar-refractivity contribution in [1.29, 1.82) is 0 Å². The quantitative estimate of drug-likeness (QED) is 0.331. The molecule has 0 aliphatic carbocycles. The number of nitrogens with zero attached hydrogens (tertiary/aromatic N) is 2. The van der Waals surface area contributed by atoms with E-state index in [0.717, 1.165) is 12.8 Å². The third kappa shape index (κ3) is 4.17. The van der Waals surface area contributed by atoms with Gasteiger partial charge in [0.25, 0.3) is 5.56 Å². The van der Waals surface area contributed by atoms with Gasteiger partial charge in [-0.15, -0.1) is 0 Å². The van der Waals surface area contributed by atoms with Gasteiger partial charge in [-0.2, -0.15) is 0 Å². The SMILES string of the molecule is CCCCn1c(SCC(=O)c2ccc(Cl)cc2)nc2ccccc2c1=O. The predicted octanol–water partition coefficient (Wildman–Crippen LogP) is 4.83. The summed E-state index contributed by atoms with van der Waals surface area (Å²) in [6, 6.07) is 14.1. The van der Waals surface area contributed by atoms with Crippen LogP contribution in [0.5, 0.6) is 0 Å². The minimum Gasteiger partial charge on any atom is -0.293 e. The average Bonchev–Trinajstić information content (AvgIpc) is 2.66. The number of benzene rings is 2. The van der Waals surface area contributed by atoms with Crippen LogP contribution in [0.15, 0.2) is 58.5 Å². The molecule has 26 heavy (non-hydrogen) atoms. The van der Waals surface area contributed by atoms with Crippen LogP contribution >= 0.6 is 23.4 Å². The Kier molecular flexibility index (Phi) is 6.12. The molecule has 0 N–H and O–H groups in total. The lowest BCUT2D eigenvalue weighted by molar-refractivity contribution is 0.102. The number of aromatic nitrogens is 2. The molecule has 0 amide bonds. The number of fused-ring (bicyclic) bond motifs is 1. The van der Waals surface area contributed by atoms with Crippen LogP contribution < -0.4 is 5.56 Å². The molecule has 0 aliphatic rings. The van der Waals surface area contributed by atoms with Gasteiger partial charge in [0, 0.05) is 17.1 Å². The van der Waals surface area contributed by atoms with Crippen LogP contribution in [0.2, 0.25) is 5.02 Å². The zero-order valence-corrected chi connectivity index (χ0v) is 16.0. The number of halogens is 1. The number of para-hydroxylation sites is 1. The first kappa shape index (κ1) is 18.7. The molecule has 0 saturated carbocycles. The van der Waals surface area contributed by atoms with E-state index in [1.165, 1.54) is 11.8 Å². The first-order valence-corrected chi connectivity index (χ1v) is 9.87. The molecule has 2 aromatic carbocycles. The second kappa shape index (κ2) is 8.52. The number of hydrogen-bond acceptors (Lipinski definition) is 4. The third-order valence-electron chi connectivity index (χ3n) is 4.06. The van der Waals surface area contributed by atoms with E-state index in [1.807, 2.05) is 18.2 Å². The lowest BCUT2D eigenvalue weighted by Crippen LogP contribution is -2.23. The van der Waals surface area contributed by atoms with Crippen molar-refractivity contribution in [3.63, 3.8) is 0 Å². The van der Waals surface area contributed by atoms with E-state index in [2.05, 4.69) is 11.9 Å². The van der Waals surface area contributed by atoms with Gasteiger partial charge < -0.3 is 0 Å². The second-order valence-corrected chi connectivity index (χ2v) is 7.32. The molecular weight excluding hydrogens is 368 g/mol. The highest BCUT2D eigenvalue weighted by Crippen LogP contribution is 2.20. The summed E-state index contributed by atoms with van der Waals surface area (Å²) in [5.41, 5.74) is 1.21. The van der Waals surface area contributed by atoms with E-state index in [4.69, 9.17) is 11.6 Å². The van der Waals surface area contributed by atoms with Crippen molar-refractivity contribution >= 4 is 40.0 Å². The van der Waals surface area contributed by atoms with Crippen molar-refractivity contribution in [2.45, 2.75) is 31.5 Å². The number of carbonyl (C=O) groups excluding carboxylic acids is 1. The van der Waals surface area contributed by atoms with Gasteiger partial charge in [0.05, 0.1) is 16.7 Å². The maximum atomic E-state index is 12.8.